The van der Waals surface area contributed by atoms with Crippen LogP contribution in [0.2, 0.25) is 0 Å². The lowest BCUT2D eigenvalue weighted by Gasteiger charge is -2.32. The fraction of sp³-hybridized carbons (Fsp3) is 0.273. The molecule has 1 atom stereocenters. The lowest BCUT2D eigenvalue weighted by atomic mass is 10.1. The molecular formula is C22H22N2O4S2. The van der Waals surface area contributed by atoms with E-state index in [0.29, 0.717) is 6.54 Å². The predicted octanol–water partition coefficient (Wildman–Crippen LogP) is 4.26. The quantitative estimate of drug-likeness (QED) is 0.362. The highest BCUT2D eigenvalue weighted by Crippen LogP contribution is 2.33. The van der Waals surface area contributed by atoms with Crippen molar-refractivity contribution < 1.29 is 19.1 Å². The number of thiazole rings is 1. The van der Waals surface area contributed by atoms with Gasteiger partial charge in [-0.25, -0.2) is 9.78 Å². The average molecular weight is 443 g/mol. The Labute approximate surface area is 184 Å². The van der Waals surface area contributed by atoms with Crippen LogP contribution in [0.3, 0.4) is 0 Å². The Hall–Kier alpha value is -2.84. The van der Waals surface area contributed by atoms with Crippen LogP contribution in [0.25, 0.3) is 10.2 Å². The molecule has 0 N–H and O–H groups in total. The van der Waals surface area contributed by atoms with Gasteiger partial charge in [0.05, 0.1) is 22.1 Å². The van der Waals surface area contributed by atoms with Crippen molar-refractivity contribution in [3.05, 3.63) is 59.1 Å². The van der Waals surface area contributed by atoms with Crippen molar-refractivity contribution in [2.24, 2.45) is 0 Å². The number of carbonyl (C=O) groups excluding carboxylic acids is 2. The fourth-order valence-electron chi connectivity index (χ4n) is 3.08. The van der Waals surface area contributed by atoms with Crippen LogP contribution in [0, 0.1) is 6.92 Å². The highest BCUT2D eigenvalue weighted by molar-refractivity contribution is 7.80. The summed E-state index contributed by atoms with van der Waals surface area (Å²) in [6.45, 7) is 4.07. The molecule has 0 saturated carbocycles. The fourth-order valence-corrected chi connectivity index (χ4v) is 4.21. The van der Waals surface area contributed by atoms with Crippen LogP contribution in [0.5, 0.6) is 0 Å². The largest absolute Gasteiger partial charge is 0.464 e. The number of hydrogen-bond acceptors (Lipinski definition) is 8. The molecule has 0 saturated heterocycles. The third kappa shape index (κ3) is 5.61. The Bertz CT molecular complexity index is 1020. The van der Waals surface area contributed by atoms with Gasteiger partial charge >= 0.3 is 11.9 Å². The molecule has 1 aromatic heterocycles. The summed E-state index contributed by atoms with van der Waals surface area (Å²) in [6, 6.07) is 15.5. The maximum absolute atomic E-state index is 11.7. The Balaban J connectivity index is 2.00. The van der Waals surface area contributed by atoms with E-state index in [4.69, 9.17) is 14.5 Å². The molecule has 3 aromatic rings. The van der Waals surface area contributed by atoms with E-state index in [-0.39, 0.29) is 25.2 Å². The first-order chi connectivity index (χ1) is 14.5. The summed E-state index contributed by atoms with van der Waals surface area (Å²) in [5, 5.41) is 1.78. The van der Waals surface area contributed by atoms with Crippen LogP contribution in [0.1, 0.15) is 23.5 Å². The SMILES string of the molecule is CC(=O)OCCN(c1cccc(C)c1)C(COC(=O)C=S)c1nc2ccccc2s1. The van der Waals surface area contributed by atoms with Crippen LogP contribution in [0.4, 0.5) is 5.69 Å². The van der Waals surface area contributed by atoms with Crippen LogP contribution < -0.4 is 4.90 Å². The number of fused-ring (bicyclic) bond motifs is 1. The predicted molar refractivity (Wildman–Crippen MR) is 122 cm³/mol. The maximum atomic E-state index is 11.7. The van der Waals surface area contributed by atoms with Crippen molar-refractivity contribution in [1.29, 1.82) is 0 Å². The minimum atomic E-state index is -0.569. The van der Waals surface area contributed by atoms with Gasteiger partial charge in [0, 0.05) is 12.6 Å². The van der Waals surface area contributed by atoms with Gasteiger partial charge in [0.25, 0.3) is 0 Å². The molecule has 156 valence electrons. The number of nitrogens with zero attached hydrogens (tertiary/aromatic N) is 2. The van der Waals surface area contributed by atoms with Crippen LogP contribution >= 0.6 is 23.6 Å². The van der Waals surface area contributed by atoms with Crippen molar-refractivity contribution in [2.45, 2.75) is 19.9 Å². The number of benzene rings is 2. The monoisotopic (exact) mass is 442 g/mol. The summed E-state index contributed by atoms with van der Waals surface area (Å²) in [6.07, 6.45) is 0. The number of esters is 2. The Morgan fingerprint density at radius 3 is 2.70 bits per heavy atom. The molecule has 0 spiro atoms. The minimum absolute atomic E-state index is 0.0693. The summed E-state index contributed by atoms with van der Waals surface area (Å²) < 4.78 is 11.6. The number of ether oxygens (including phenoxy) is 2. The van der Waals surface area contributed by atoms with Crippen LogP contribution in [0.15, 0.2) is 48.5 Å². The Morgan fingerprint density at radius 1 is 1.20 bits per heavy atom. The number of rotatable bonds is 9. The first-order valence-corrected chi connectivity index (χ1v) is 10.7. The zero-order valence-electron chi connectivity index (χ0n) is 16.7. The topological polar surface area (TPSA) is 68.7 Å². The maximum Gasteiger partial charge on any atom is 0.341 e. The second-order valence-electron chi connectivity index (χ2n) is 6.66. The lowest BCUT2D eigenvalue weighted by Crippen LogP contribution is -2.35. The van der Waals surface area contributed by atoms with E-state index in [9.17, 15) is 9.59 Å². The van der Waals surface area contributed by atoms with E-state index in [1.54, 1.807) is 11.3 Å². The van der Waals surface area contributed by atoms with E-state index in [1.165, 1.54) is 6.92 Å². The third-order valence-corrected chi connectivity index (χ3v) is 5.75. The number of thiocarbonyl (C=S) groups is 1. The highest BCUT2D eigenvalue weighted by atomic mass is 32.1. The molecule has 0 radical (unpaired) electrons. The van der Waals surface area contributed by atoms with Crippen molar-refractivity contribution in [2.75, 3.05) is 24.7 Å². The number of carbonyl (C=O) groups is 2. The van der Waals surface area contributed by atoms with Crippen molar-refractivity contribution >= 4 is 56.8 Å². The van der Waals surface area contributed by atoms with E-state index in [0.717, 1.165) is 31.8 Å². The van der Waals surface area contributed by atoms with Crippen LogP contribution in [-0.2, 0) is 19.1 Å². The van der Waals surface area contributed by atoms with Crippen molar-refractivity contribution in [3.8, 4) is 0 Å². The average Bonchev–Trinajstić information content (AvgIpc) is 3.16. The lowest BCUT2D eigenvalue weighted by molar-refractivity contribution is -0.140. The Morgan fingerprint density at radius 2 is 2.00 bits per heavy atom. The molecule has 0 aliphatic rings. The number of para-hydroxylation sites is 1. The van der Waals surface area contributed by atoms with Gasteiger partial charge in [-0.05, 0) is 36.8 Å². The third-order valence-electron chi connectivity index (χ3n) is 4.42. The molecule has 2 aromatic carbocycles. The zero-order valence-corrected chi connectivity index (χ0v) is 18.4. The van der Waals surface area contributed by atoms with Crippen molar-refractivity contribution in [3.63, 3.8) is 0 Å². The number of aryl methyl sites for hydroxylation is 1. The molecule has 0 bridgehead atoms. The molecule has 0 fully saturated rings. The number of anilines is 1. The normalized spacial score (nSPS) is 11.7. The van der Waals surface area contributed by atoms with Crippen LogP contribution in [-0.4, -0.2) is 42.0 Å². The van der Waals surface area contributed by atoms with Gasteiger partial charge in [-0.1, -0.05) is 36.5 Å². The Kier molecular flexibility index (Phi) is 7.48. The molecular weight excluding hydrogens is 420 g/mol. The van der Waals surface area contributed by atoms with Gasteiger partial charge in [0.15, 0.2) is 0 Å². The first-order valence-electron chi connectivity index (χ1n) is 9.42. The summed E-state index contributed by atoms with van der Waals surface area (Å²) in [4.78, 5) is 29.9. The molecule has 1 unspecified atom stereocenters. The highest BCUT2D eigenvalue weighted by Gasteiger charge is 2.26. The van der Waals surface area contributed by atoms with Gasteiger partial charge in [-0.3, -0.25) is 4.79 Å². The molecule has 3 rings (SSSR count). The second kappa shape index (κ2) is 10.3. The molecule has 30 heavy (non-hydrogen) atoms. The minimum Gasteiger partial charge on any atom is -0.464 e. The first kappa shape index (κ1) is 21.9. The molecule has 1 heterocycles. The van der Waals surface area contributed by atoms with Crippen molar-refractivity contribution in [1.82, 2.24) is 4.98 Å². The van der Waals surface area contributed by atoms with E-state index < -0.39 is 5.97 Å². The van der Waals surface area contributed by atoms with E-state index in [1.807, 2.05) is 60.4 Å². The van der Waals surface area contributed by atoms with Gasteiger partial charge < -0.3 is 14.4 Å². The summed E-state index contributed by atoms with van der Waals surface area (Å²) >= 11 is 6.23. The number of aromatic nitrogens is 1. The molecule has 0 aliphatic heterocycles. The van der Waals surface area contributed by atoms with Gasteiger partial charge in [0.2, 0.25) is 0 Å². The summed E-state index contributed by atoms with van der Waals surface area (Å²) in [7, 11) is 0. The van der Waals surface area contributed by atoms with Gasteiger partial charge in [0.1, 0.15) is 24.3 Å². The number of hydrogen-bond donors (Lipinski definition) is 0. The molecule has 0 aliphatic carbocycles. The molecule has 8 heteroatoms. The summed E-state index contributed by atoms with van der Waals surface area (Å²) in [5.41, 5.74) is 2.89. The molecule has 6 nitrogen and oxygen atoms in total. The van der Waals surface area contributed by atoms with E-state index >= 15 is 0 Å². The standard InChI is InChI=1S/C22H22N2O4S2/c1-15-6-5-7-17(12-15)24(10-11-27-16(2)25)19(13-28-21(26)14-29)22-23-18-8-3-4-9-20(18)30-22/h3-9,12,14,19H,10-11,13H2,1-2H3. The van der Waals surface area contributed by atoms with Gasteiger partial charge in [-0.15, -0.1) is 11.3 Å². The smallest absolute Gasteiger partial charge is 0.341 e. The molecule has 0 amide bonds. The zero-order chi connectivity index (χ0) is 21.5. The second-order valence-corrected chi connectivity index (χ2v) is 7.95. The summed E-state index contributed by atoms with van der Waals surface area (Å²) in [5.74, 6) is -0.914. The van der Waals surface area contributed by atoms with Gasteiger partial charge in [-0.2, -0.15) is 0 Å². The van der Waals surface area contributed by atoms with E-state index in [2.05, 4.69) is 12.2 Å².